The van der Waals surface area contributed by atoms with E-state index >= 15 is 0 Å². The van der Waals surface area contributed by atoms with Crippen LogP contribution in [0.25, 0.3) is 0 Å². The Bertz CT molecular complexity index is 733. The number of hydrogen-bond acceptors (Lipinski definition) is 3. The van der Waals surface area contributed by atoms with E-state index in [2.05, 4.69) is 30.4 Å². The van der Waals surface area contributed by atoms with Crippen molar-refractivity contribution in [3.63, 3.8) is 0 Å². The zero-order chi connectivity index (χ0) is 15.7. The molecule has 1 atom stereocenters. The van der Waals surface area contributed by atoms with Gasteiger partial charge in [0.1, 0.15) is 5.75 Å². The Kier molecular flexibility index (Phi) is 4.32. The minimum Gasteiger partial charge on any atom is -0.495 e. The third-order valence-electron chi connectivity index (χ3n) is 3.61. The number of fused-ring (bicyclic) bond motifs is 1. The number of rotatable bonds is 3. The number of benzene rings is 2. The minimum atomic E-state index is -0.125. The van der Waals surface area contributed by atoms with E-state index in [1.54, 1.807) is 37.1 Å². The van der Waals surface area contributed by atoms with Gasteiger partial charge in [0, 0.05) is 9.92 Å². The number of thioether (sulfide) groups is 1. The number of halogens is 1. The molecule has 0 aromatic heterocycles. The van der Waals surface area contributed by atoms with Crippen LogP contribution in [-0.4, -0.2) is 18.3 Å². The largest absolute Gasteiger partial charge is 0.495 e. The number of anilines is 1. The molecule has 114 valence electrons. The van der Waals surface area contributed by atoms with E-state index in [0.717, 1.165) is 6.42 Å². The highest BCUT2D eigenvalue weighted by molar-refractivity contribution is 8.01. The van der Waals surface area contributed by atoms with E-state index in [-0.39, 0.29) is 11.2 Å². The van der Waals surface area contributed by atoms with Gasteiger partial charge in [0.15, 0.2) is 0 Å². The van der Waals surface area contributed by atoms with Crippen LogP contribution in [0.15, 0.2) is 41.3 Å². The first-order valence-corrected chi connectivity index (χ1v) is 8.23. The molecule has 0 radical (unpaired) electrons. The Morgan fingerprint density at radius 3 is 2.91 bits per heavy atom. The lowest BCUT2D eigenvalue weighted by molar-refractivity contribution is -0.115. The van der Waals surface area contributed by atoms with Gasteiger partial charge in [-0.05, 0) is 43.2 Å². The van der Waals surface area contributed by atoms with Crippen molar-refractivity contribution in [2.45, 2.75) is 23.5 Å². The molecule has 2 aromatic rings. The molecule has 0 fully saturated rings. The number of carbonyl (C=O) groups excluding carboxylic acids is 1. The molecule has 3 rings (SSSR count). The van der Waals surface area contributed by atoms with Crippen LogP contribution in [0.2, 0.25) is 5.02 Å². The molecule has 3 nitrogen and oxygen atoms in total. The molecule has 1 unspecified atom stereocenters. The van der Waals surface area contributed by atoms with Crippen LogP contribution in [0.5, 0.6) is 5.75 Å². The van der Waals surface area contributed by atoms with Gasteiger partial charge in [-0.15, -0.1) is 11.8 Å². The second-order valence-electron chi connectivity index (χ2n) is 5.26. The first-order valence-electron chi connectivity index (χ1n) is 6.97. The molecule has 5 heteroatoms. The maximum absolute atomic E-state index is 12.5. The number of aryl methyl sites for hydroxylation is 1. The number of ether oxygens (including phenoxy) is 1. The van der Waals surface area contributed by atoms with Crippen molar-refractivity contribution in [1.29, 1.82) is 0 Å². The van der Waals surface area contributed by atoms with E-state index < -0.39 is 0 Å². The topological polar surface area (TPSA) is 38.3 Å². The highest BCUT2D eigenvalue weighted by Crippen LogP contribution is 2.38. The highest BCUT2D eigenvalue weighted by atomic mass is 35.5. The fourth-order valence-electron chi connectivity index (χ4n) is 2.47. The molecule has 1 N–H and O–H groups in total. The van der Waals surface area contributed by atoms with Crippen molar-refractivity contribution < 1.29 is 9.53 Å². The average Bonchev–Trinajstić information content (AvgIpc) is 2.90. The lowest BCUT2D eigenvalue weighted by Gasteiger charge is -2.13. The summed E-state index contributed by atoms with van der Waals surface area (Å²) in [5.41, 5.74) is 3.05. The minimum absolute atomic E-state index is 0.0283. The average molecular weight is 334 g/mol. The molecule has 0 saturated heterocycles. The van der Waals surface area contributed by atoms with Crippen LogP contribution >= 0.6 is 23.4 Å². The monoisotopic (exact) mass is 333 g/mol. The normalized spacial score (nSPS) is 16.2. The van der Waals surface area contributed by atoms with Crippen LogP contribution in [-0.2, 0) is 11.2 Å². The molecule has 1 amide bonds. The summed E-state index contributed by atoms with van der Waals surface area (Å²) in [4.78, 5) is 13.7. The van der Waals surface area contributed by atoms with Crippen LogP contribution in [0.3, 0.4) is 0 Å². The molecule has 1 aliphatic rings. The smallest absolute Gasteiger partial charge is 0.238 e. The molecular formula is C17H16ClNO2S. The van der Waals surface area contributed by atoms with Crippen LogP contribution in [0.1, 0.15) is 11.1 Å². The number of methoxy groups -OCH3 is 1. The van der Waals surface area contributed by atoms with Crippen molar-refractivity contribution in [3.8, 4) is 5.75 Å². The van der Waals surface area contributed by atoms with Gasteiger partial charge in [-0.25, -0.2) is 0 Å². The summed E-state index contributed by atoms with van der Waals surface area (Å²) in [7, 11) is 1.57. The maximum atomic E-state index is 12.5. The molecule has 22 heavy (non-hydrogen) atoms. The Balaban J connectivity index is 1.75. The van der Waals surface area contributed by atoms with Crippen LogP contribution in [0.4, 0.5) is 5.69 Å². The Labute approximate surface area is 139 Å². The second-order valence-corrected chi connectivity index (χ2v) is 6.94. The third kappa shape index (κ3) is 3.08. The number of hydrogen-bond donors (Lipinski definition) is 1. The summed E-state index contributed by atoms with van der Waals surface area (Å²) in [6.07, 6.45) is 0.745. The predicted octanol–water partition coefficient (Wildman–Crippen LogP) is 4.31. The van der Waals surface area contributed by atoms with Crippen molar-refractivity contribution in [2.75, 3.05) is 12.4 Å². The van der Waals surface area contributed by atoms with Gasteiger partial charge < -0.3 is 10.1 Å². The second kappa shape index (κ2) is 6.23. The fourth-order valence-corrected chi connectivity index (χ4v) is 3.94. The Morgan fingerprint density at radius 1 is 1.32 bits per heavy atom. The van der Waals surface area contributed by atoms with Gasteiger partial charge in [0.25, 0.3) is 0 Å². The summed E-state index contributed by atoms with van der Waals surface area (Å²) in [5, 5.41) is 3.36. The summed E-state index contributed by atoms with van der Waals surface area (Å²) in [5.74, 6) is 0.577. The van der Waals surface area contributed by atoms with E-state index in [0.29, 0.717) is 16.5 Å². The molecule has 1 heterocycles. The van der Waals surface area contributed by atoms with E-state index in [4.69, 9.17) is 16.3 Å². The quantitative estimate of drug-likeness (QED) is 0.909. The van der Waals surface area contributed by atoms with E-state index in [9.17, 15) is 4.79 Å². The summed E-state index contributed by atoms with van der Waals surface area (Å²) in [6.45, 7) is 2.06. The number of nitrogens with one attached hydrogen (secondary N) is 1. The van der Waals surface area contributed by atoms with Crippen LogP contribution in [0, 0.1) is 6.92 Å². The third-order valence-corrected chi connectivity index (χ3v) is 5.14. The fraction of sp³-hybridized carbons (Fsp3) is 0.235. The van der Waals surface area contributed by atoms with Crippen molar-refractivity contribution in [3.05, 3.63) is 52.5 Å². The lowest BCUT2D eigenvalue weighted by atomic mass is 10.1. The molecule has 2 aromatic carbocycles. The molecular weight excluding hydrogens is 318 g/mol. The highest BCUT2D eigenvalue weighted by Gasteiger charge is 2.28. The Morgan fingerprint density at radius 2 is 2.14 bits per heavy atom. The van der Waals surface area contributed by atoms with E-state index in [1.165, 1.54) is 16.0 Å². The number of carbonyl (C=O) groups is 1. The van der Waals surface area contributed by atoms with Gasteiger partial charge in [0.05, 0.1) is 18.0 Å². The zero-order valence-electron chi connectivity index (χ0n) is 12.4. The number of amides is 1. The van der Waals surface area contributed by atoms with Gasteiger partial charge in [-0.1, -0.05) is 29.3 Å². The van der Waals surface area contributed by atoms with Crippen LogP contribution < -0.4 is 10.1 Å². The maximum Gasteiger partial charge on any atom is 0.238 e. The van der Waals surface area contributed by atoms with Gasteiger partial charge in [0.2, 0.25) is 5.91 Å². The first kappa shape index (κ1) is 15.3. The molecule has 1 aliphatic heterocycles. The SMILES string of the molecule is COc1ccc(Cl)cc1NC(=O)C1Cc2ccc(C)cc2S1. The molecule has 0 saturated carbocycles. The van der Waals surface area contributed by atoms with Gasteiger partial charge in [-0.2, -0.15) is 0 Å². The van der Waals surface area contributed by atoms with Crippen molar-refractivity contribution in [2.24, 2.45) is 0 Å². The first-order chi connectivity index (χ1) is 10.6. The summed E-state index contributed by atoms with van der Waals surface area (Å²) < 4.78 is 5.26. The summed E-state index contributed by atoms with van der Waals surface area (Å²) in [6, 6.07) is 11.5. The lowest BCUT2D eigenvalue weighted by Crippen LogP contribution is -2.24. The van der Waals surface area contributed by atoms with Crippen molar-refractivity contribution >= 4 is 35.0 Å². The van der Waals surface area contributed by atoms with Crippen molar-refractivity contribution in [1.82, 2.24) is 0 Å². The Hall–Kier alpha value is -1.65. The molecule has 0 aliphatic carbocycles. The van der Waals surface area contributed by atoms with Gasteiger partial charge >= 0.3 is 0 Å². The molecule has 0 bridgehead atoms. The zero-order valence-corrected chi connectivity index (χ0v) is 13.9. The van der Waals surface area contributed by atoms with E-state index in [1.807, 2.05) is 0 Å². The van der Waals surface area contributed by atoms with Gasteiger partial charge in [-0.3, -0.25) is 4.79 Å². The predicted molar refractivity (Wildman–Crippen MR) is 91.2 cm³/mol. The summed E-state index contributed by atoms with van der Waals surface area (Å²) >= 11 is 7.60. The molecule has 0 spiro atoms. The standard InChI is InChI=1S/C17H16ClNO2S/c1-10-3-4-11-8-16(22-15(11)7-10)17(20)19-13-9-12(18)5-6-14(13)21-2/h3-7,9,16H,8H2,1-2H3,(H,19,20).